The average Bonchev–Trinajstić information content (AvgIpc) is 2.20. The number of hydrogen-bond acceptors (Lipinski definition) is 2. The maximum atomic E-state index is 13.5. The highest BCUT2D eigenvalue weighted by Crippen LogP contribution is 2.22. The third-order valence-corrected chi connectivity index (χ3v) is 2.72. The Hall–Kier alpha value is -0.740. The highest BCUT2D eigenvalue weighted by atomic mass is 79.9. The molecule has 0 fully saturated rings. The van der Waals surface area contributed by atoms with Gasteiger partial charge in [-0.05, 0) is 39.0 Å². The Kier molecular flexibility index (Phi) is 4.21. The SMILES string of the molecule is CCOC(C)(C)C(=O)c1cc(Br)ccc1F. The number of hydrogen-bond donors (Lipinski definition) is 0. The van der Waals surface area contributed by atoms with E-state index in [9.17, 15) is 9.18 Å². The third kappa shape index (κ3) is 2.89. The summed E-state index contributed by atoms with van der Waals surface area (Å²) in [6.07, 6.45) is 0. The van der Waals surface area contributed by atoms with Crippen molar-refractivity contribution in [3.63, 3.8) is 0 Å². The normalized spacial score (nSPS) is 11.6. The molecule has 0 bridgehead atoms. The van der Waals surface area contributed by atoms with Crippen molar-refractivity contribution in [1.82, 2.24) is 0 Å². The van der Waals surface area contributed by atoms with Gasteiger partial charge in [-0.3, -0.25) is 4.79 Å². The molecular weight excluding hydrogens is 275 g/mol. The molecular formula is C12H14BrFO2. The van der Waals surface area contributed by atoms with E-state index < -0.39 is 11.4 Å². The van der Waals surface area contributed by atoms with Crippen LogP contribution in [0.5, 0.6) is 0 Å². The van der Waals surface area contributed by atoms with E-state index >= 15 is 0 Å². The highest BCUT2D eigenvalue weighted by Gasteiger charge is 2.31. The van der Waals surface area contributed by atoms with E-state index in [1.54, 1.807) is 26.8 Å². The summed E-state index contributed by atoms with van der Waals surface area (Å²) in [6.45, 7) is 5.49. The van der Waals surface area contributed by atoms with Gasteiger partial charge >= 0.3 is 0 Å². The molecule has 0 atom stereocenters. The lowest BCUT2D eigenvalue weighted by Gasteiger charge is -2.23. The Morgan fingerprint density at radius 1 is 1.50 bits per heavy atom. The average molecular weight is 289 g/mol. The number of carbonyl (C=O) groups excluding carboxylic acids is 1. The number of rotatable bonds is 4. The summed E-state index contributed by atoms with van der Waals surface area (Å²) in [5.41, 5.74) is -0.955. The smallest absolute Gasteiger partial charge is 0.197 e. The molecule has 0 radical (unpaired) electrons. The summed E-state index contributed by atoms with van der Waals surface area (Å²) in [5.74, 6) is -0.880. The predicted molar refractivity (Wildman–Crippen MR) is 64.1 cm³/mol. The van der Waals surface area contributed by atoms with Crippen LogP contribution in [0.15, 0.2) is 22.7 Å². The first-order valence-electron chi connectivity index (χ1n) is 5.02. The zero-order valence-corrected chi connectivity index (χ0v) is 11.1. The van der Waals surface area contributed by atoms with Crippen LogP contribution in [-0.2, 0) is 4.74 Å². The molecule has 0 saturated carbocycles. The van der Waals surface area contributed by atoms with Crippen LogP contribution < -0.4 is 0 Å². The molecule has 1 aromatic rings. The molecule has 0 aliphatic rings. The van der Waals surface area contributed by atoms with Gasteiger partial charge < -0.3 is 4.74 Å². The number of carbonyl (C=O) groups is 1. The van der Waals surface area contributed by atoms with Crippen molar-refractivity contribution < 1.29 is 13.9 Å². The lowest BCUT2D eigenvalue weighted by atomic mass is 9.96. The van der Waals surface area contributed by atoms with Crippen molar-refractivity contribution in [1.29, 1.82) is 0 Å². The summed E-state index contributed by atoms with van der Waals surface area (Å²) >= 11 is 3.21. The quantitative estimate of drug-likeness (QED) is 0.792. The van der Waals surface area contributed by atoms with Gasteiger partial charge in [-0.1, -0.05) is 15.9 Å². The Labute approximate surface area is 103 Å². The van der Waals surface area contributed by atoms with Crippen LogP contribution >= 0.6 is 15.9 Å². The van der Waals surface area contributed by atoms with Crippen molar-refractivity contribution in [2.75, 3.05) is 6.61 Å². The summed E-state index contributed by atoms with van der Waals surface area (Å²) in [4.78, 5) is 12.0. The molecule has 0 aromatic heterocycles. The second-order valence-electron chi connectivity index (χ2n) is 3.90. The van der Waals surface area contributed by atoms with E-state index in [1.165, 1.54) is 12.1 Å². The molecule has 1 aromatic carbocycles. The minimum atomic E-state index is -1.00. The van der Waals surface area contributed by atoms with Crippen molar-refractivity contribution in [3.8, 4) is 0 Å². The molecule has 16 heavy (non-hydrogen) atoms. The topological polar surface area (TPSA) is 26.3 Å². The number of ketones is 1. The van der Waals surface area contributed by atoms with Crippen molar-refractivity contribution in [3.05, 3.63) is 34.1 Å². The molecule has 0 aliphatic carbocycles. The van der Waals surface area contributed by atoms with Crippen molar-refractivity contribution in [2.45, 2.75) is 26.4 Å². The van der Waals surface area contributed by atoms with Crippen LogP contribution in [0.25, 0.3) is 0 Å². The minimum Gasteiger partial charge on any atom is -0.368 e. The lowest BCUT2D eigenvalue weighted by Crippen LogP contribution is -2.35. The van der Waals surface area contributed by atoms with E-state index in [-0.39, 0.29) is 11.3 Å². The molecule has 0 amide bonds. The molecule has 0 saturated heterocycles. The molecule has 0 unspecified atom stereocenters. The fourth-order valence-electron chi connectivity index (χ4n) is 1.42. The van der Waals surface area contributed by atoms with Gasteiger partial charge in [0.2, 0.25) is 0 Å². The van der Waals surface area contributed by atoms with Gasteiger partial charge in [0.05, 0.1) is 5.56 Å². The number of benzene rings is 1. The Balaban J connectivity index is 3.09. The first-order chi connectivity index (χ1) is 7.38. The van der Waals surface area contributed by atoms with Crippen LogP contribution in [-0.4, -0.2) is 18.0 Å². The molecule has 1 rings (SSSR count). The summed E-state index contributed by atoms with van der Waals surface area (Å²) in [6, 6.07) is 4.29. The fraction of sp³-hybridized carbons (Fsp3) is 0.417. The fourth-order valence-corrected chi connectivity index (χ4v) is 1.78. The van der Waals surface area contributed by atoms with Gasteiger partial charge in [0, 0.05) is 11.1 Å². The van der Waals surface area contributed by atoms with Crippen LogP contribution in [0.4, 0.5) is 4.39 Å². The Morgan fingerprint density at radius 3 is 2.69 bits per heavy atom. The molecule has 4 heteroatoms. The van der Waals surface area contributed by atoms with Gasteiger partial charge in [0.1, 0.15) is 11.4 Å². The number of halogens is 2. The van der Waals surface area contributed by atoms with Gasteiger partial charge in [0.25, 0.3) is 0 Å². The largest absolute Gasteiger partial charge is 0.368 e. The molecule has 0 aliphatic heterocycles. The van der Waals surface area contributed by atoms with Gasteiger partial charge in [0.15, 0.2) is 5.78 Å². The Morgan fingerprint density at radius 2 is 2.12 bits per heavy atom. The standard InChI is InChI=1S/C12H14BrFO2/c1-4-16-12(2,3)11(15)9-7-8(13)5-6-10(9)14/h5-7H,4H2,1-3H3. The summed E-state index contributed by atoms with van der Waals surface area (Å²) < 4.78 is 19.5. The molecule has 2 nitrogen and oxygen atoms in total. The maximum absolute atomic E-state index is 13.5. The van der Waals surface area contributed by atoms with Crippen LogP contribution in [0.1, 0.15) is 31.1 Å². The summed E-state index contributed by atoms with van der Waals surface area (Å²) in [5, 5.41) is 0. The minimum absolute atomic E-state index is 0.0489. The van der Waals surface area contributed by atoms with Crippen LogP contribution in [0, 0.1) is 5.82 Å². The zero-order valence-electron chi connectivity index (χ0n) is 9.51. The van der Waals surface area contributed by atoms with Gasteiger partial charge in [-0.2, -0.15) is 0 Å². The molecule has 88 valence electrons. The predicted octanol–water partition coefficient (Wildman–Crippen LogP) is 3.59. The first-order valence-corrected chi connectivity index (χ1v) is 5.81. The second kappa shape index (κ2) is 5.06. The number of ether oxygens (including phenoxy) is 1. The highest BCUT2D eigenvalue weighted by molar-refractivity contribution is 9.10. The third-order valence-electron chi connectivity index (χ3n) is 2.23. The number of Topliss-reactive ketones (excluding diaryl/α,β-unsaturated/α-hetero) is 1. The van der Waals surface area contributed by atoms with E-state index in [0.717, 1.165) is 0 Å². The van der Waals surface area contributed by atoms with E-state index in [0.29, 0.717) is 11.1 Å². The van der Waals surface area contributed by atoms with E-state index in [2.05, 4.69) is 15.9 Å². The van der Waals surface area contributed by atoms with Crippen LogP contribution in [0.3, 0.4) is 0 Å². The summed E-state index contributed by atoms with van der Waals surface area (Å²) in [7, 11) is 0. The molecule has 0 heterocycles. The lowest BCUT2D eigenvalue weighted by molar-refractivity contribution is 0.000949. The maximum Gasteiger partial charge on any atom is 0.197 e. The van der Waals surface area contributed by atoms with Crippen molar-refractivity contribution in [2.24, 2.45) is 0 Å². The van der Waals surface area contributed by atoms with Gasteiger partial charge in [-0.25, -0.2) is 4.39 Å². The van der Waals surface area contributed by atoms with E-state index in [4.69, 9.17) is 4.74 Å². The zero-order chi connectivity index (χ0) is 12.3. The van der Waals surface area contributed by atoms with Gasteiger partial charge in [-0.15, -0.1) is 0 Å². The van der Waals surface area contributed by atoms with Crippen LogP contribution in [0.2, 0.25) is 0 Å². The second-order valence-corrected chi connectivity index (χ2v) is 4.81. The van der Waals surface area contributed by atoms with Crippen molar-refractivity contribution >= 4 is 21.7 Å². The first kappa shape index (κ1) is 13.3. The molecule has 0 N–H and O–H groups in total. The monoisotopic (exact) mass is 288 g/mol. The molecule has 0 spiro atoms. The Bertz CT molecular complexity index is 402. The van der Waals surface area contributed by atoms with E-state index in [1.807, 2.05) is 0 Å².